The van der Waals surface area contributed by atoms with Crippen LogP contribution in [-0.2, 0) is 0 Å². The molecule has 0 bridgehead atoms. The Labute approximate surface area is 135 Å². The highest BCUT2D eigenvalue weighted by Gasteiger charge is 2.12. The van der Waals surface area contributed by atoms with Crippen LogP contribution in [0.3, 0.4) is 0 Å². The SMILES string of the molecule is CC(S)c1ccc2c3ccccc3n(-c3ccccc3)c2c1. The first-order valence-corrected chi connectivity index (χ1v) is 8.04. The number of hydrogen-bond acceptors (Lipinski definition) is 1. The van der Waals surface area contributed by atoms with E-state index in [-0.39, 0.29) is 5.25 Å². The fourth-order valence-corrected chi connectivity index (χ4v) is 3.26. The number of hydrogen-bond donors (Lipinski definition) is 1. The Bertz CT molecular complexity index is 951. The molecule has 0 aliphatic heterocycles. The fourth-order valence-electron chi connectivity index (χ4n) is 3.10. The second-order valence-electron chi connectivity index (χ2n) is 5.64. The number of thiol groups is 1. The summed E-state index contributed by atoms with van der Waals surface area (Å²) in [6.45, 7) is 2.11. The molecule has 0 radical (unpaired) electrons. The summed E-state index contributed by atoms with van der Waals surface area (Å²) in [5.74, 6) is 0. The first-order valence-electron chi connectivity index (χ1n) is 7.52. The molecule has 0 spiro atoms. The van der Waals surface area contributed by atoms with Crippen LogP contribution < -0.4 is 0 Å². The van der Waals surface area contributed by atoms with Crippen molar-refractivity contribution in [3.05, 3.63) is 78.4 Å². The zero-order valence-electron chi connectivity index (χ0n) is 12.4. The molecule has 1 atom stereocenters. The summed E-state index contributed by atoms with van der Waals surface area (Å²) < 4.78 is 2.34. The molecule has 0 aliphatic carbocycles. The maximum absolute atomic E-state index is 4.59. The van der Waals surface area contributed by atoms with Crippen molar-refractivity contribution in [1.29, 1.82) is 0 Å². The molecule has 0 aliphatic rings. The largest absolute Gasteiger partial charge is 0.309 e. The molecule has 4 aromatic rings. The Hall–Kier alpha value is -2.19. The standard InChI is InChI=1S/C20H17NS/c1-14(22)15-11-12-18-17-9-5-6-10-19(17)21(20(18)13-15)16-7-3-2-4-8-16/h2-14,22H,1H3. The molecule has 1 nitrogen and oxygen atoms in total. The zero-order chi connectivity index (χ0) is 15.1. The molecule has 22 heavy (non-hydrogen) atoms. The third-order valence-electron chi connectivity index (χ3n) is 4.19. The van der Waals surface area contributed by atoms with Gasteiger partial charge < -0.3 is 4.57 Å². The van der Waals surface area contributed by atoms with Crippen molar-refractivity contribution in [2.75, 3.05) is 0 Å². The predicted octanol–water partition coefficient (Wildman–Crippen LogP) is 5.77. The van der Waals surface area contributed by atoms with Crippen molar-refractivity contribution in [1.82, 2.24) is 4.57 Å². The molecule has 108 valence electrons. The van der Waals surface area contributed by atoms with E-state index in [1.165, 1.54) is 33.1 Å². The van der Waals surface area contributed by atoms with Crippen LogP contribution in [0.5, 0.6) is 0 Å². The molecular weight excluding hydrogens is 286 g/mol. The second-order valence-corrected chi connectivity index (χ2v) is 6.42. The van der Waals surface area contributed by atoms with E-state index in [4.69, 9.17) is 0 Å². The van der Waals surface area contributed by atoms with Crippen molar-refractivity contribution in [3.8, 4) is 5.69 Å². The van der Waals surface area contributed by atoms with Crippen LogP contribution in [0, 0.1) is 0 Å². The first-order chi connectivity index (χ1) is 10.8. The van der Waals surface area contributed by atoms with E-state index in [2.05, 4.69) is 96.9 Å². The summed E-state index contributed by atoms with van der Waals surface area (Å²) in [5.41, 5.74) is 4.92. The molecule has 0 N–H and O–H groups in total. The van der Waals surface area contributed by atoms with Crippen molar-refractivity contribution in [3.63, 3.8) is 0 Å². The van der Waals surface area contributed by atoms with Crippen LogP contribution in [0.2, 0.25) is 0 Å². The fraction of sp³-hybridized carbons (Fsp3) is 0.100. The Morgan fingerprint density at radius 2 is 1.45 bits per heavy atom. The third kappa shape index (κ3) is 2.03. The van der Waals surface area contributed by atoms with Gasteiger partial charge in [0.2, 0.25) is 0 Å². The number of benzene rings is 3. The quantitative estimate of drug-likeness (QED) is 0.448. The van der Waals surface area contributed by atoms with E-state index in [0.29, 0.717) is 0 Å². The zero-order valence-corrected chi connectivity index (χ0v) is 13.3. The Morgan fingerprint density at radius 3 is 2.23 bits per heavy atom. The van der Waals surface area contributed by atoms with Crippen LogP contribution in [0.4, 0.5) is 0 Å². The number of aromatic nitrogens is 1. The third-order valence-corrected chi connectivity index (χ3v) is 4.49. The lowest BCUT2D eigenvalue weighted by Crippen LogP contribution is -1.94. The van der Waals surface area contributed by atoms with E-state index in [1.807, 2.05) is 0 Å². The molecular formula is C20H17NS. The lowest BCUT2D eigenvalue weighted by molar-refractivity contribution is 1.11. The van der Waals surface area contributed by atoms with Gasteiger partial charge in [-0.05, 0) is 36.8 Å². The highest BCUT2D eigenvalue weighted by Crippen LogP contribution is 2.34. The normalized spacial score (nSPS) is 12.8. The van der Waals surface area contributed by atoms with Crippen molar-refractivity contribution in [2.24, 2.45) is 0 Å². The molecule has 1 aromatic heterocycles. The van der Waals surface area contributed by atoms with E-state index in [1.54, 1.807) is 0 Å². The topological polar surface area (TPSA) is 4.93 Å². The first kappa shape index (κ1) is 13.5. The lowest BCUT2D eigenvalue weighted by Gasteiger charge is -2.09. The molecule has 4 rings (SSSR count). The van der Waals surface area contributed by atoms with Gasteiger partial charge in [-0.1, -0.05) is 48.5 Å². The van der Waals surface area contributed by atoms with Gasteiger partial charge in [-0.2, -0.15) is 12.6 Å². The van der Waals surface area contributed by atoms with Gasteiger partial charge in [-0.15, -0.1) is 0 Å². The Morgan fingerprint density at radius 1 is 0.773 bits per heavy atom. The van der Waals surface area contributed by atoms with Crippen LogP contribution >= 0.6 is 12.6 Å². The minimum Gasteiger partial charge on any atom is -0.309 e. The van der Waals surface area contributed by atoms with Gasteiger partial charge >= 0.3 is 0 Å². The van der Waals surface area contributed by atoms with E-state index >= 15 is 0 Å². The minimum absolute atomic E-state index is 0.228. The average Bonchev–Trinajstić information content (AvgIpc) is 2.89. The molecule has 1 heterocycles. The van der Waals surface area contributed by atoms with E-state index in [0.717, 1.165) is 0 Å². The van der Waals surface area contributed by atoms with Gasteiger partial charge in [0.15, 0.2) is 0 Å². The summed E-state index contributed by atoms with van der Waals surface area (Å²) in [7, 11) is 0. The van der Waals surface area contributed by atoms with Crippen molar-refractivity contribution < 1.29 is 0 Å². The van der Waals surface area contributed by atoms with Gasteiger partial charge in [-0.3, -0.25) is 0 Å². The number of para-hydroxylation sites is 2. The maximum atomic E-state index is 4.59. The number of rotatable bonds is 2. The molecule has 0 amide bonds. The summed E-state index contributed by atoms with van der Waals surface area (Å²) in [6.07, 6.45) is 0. The lowest BCUT2D eigenvalue weighted by atomic mass is 10.1. The second kappa shape index (κ2) is 5.22. The van der Waals surface area contributed by atoms with E-state index < -0.39 is 0 Å². The molecule has 0 saturated heterocycles. The average molecular weight is 303 g/mol. The van der Waals surface area contributed by atoms with E-state index in [9.17, 15) is 0 Å². The van der Waals surface area contributed by atoms with Crippen molar-refractivity contribution >= 4 is 34.4 Å². The summed E-state index contributed by atoms with van der Waals surface area (Å²) in [5, 5.41) is 2.81. The van der Waals surface area contributed by atoms with Crippen LogP contribution in [0.25, 0.3) is 27.5 Å². The summed E-state index contributed by atoms with van der Waals surface area (Å²) >= 11 is 4.59. The summed E-state index contributed by atoms with van der Waals surface area (Å²) in [6, 6.07) is 25.8. The van der Waals surface area contributed by atoms with Crippen LogP contribution in [-0.4, -0.2) is 4.57 Å². The minimum atomic E-state index is 0.228. The highest BCUT2D eigenvalue weighted by atomic mass is 32.1. The number of fused-ring (bicyclic) bond motifs is 3. The maximum Gasteiger partial charge on any atom is 0.0544 e. The molecule has 3 aromatic carbocycles. The number of nitrogens with zero attached hydrogens (tertiary/aromatic N) is 1. The smallest absolute Gasteiger partial charge is 0.0544 e. The van der Waals surface area contributed by atoms with Gasteiger partial charge in [0, 0.05) is 21.7 Å². The van der Waals surface area contributed by atoms with Gasteiger partial charge in [0.25, 0.3) is 0 Å². The summed E-state index contributed by atoms with van der Waals surface area (Å²) in [4.78, 5) is 0. The van der Waals surface area contributed by atoms with Gasteiger partial charge in [0.1, 0.15) is 0 Å². The van der Waals surface area contributed by atoms with Gasteiger partial charge in [0.05, 0.1) is 11.0 Å². The van der Waals surface area contributed by atoms with Crippen LogP contribution in [0.15, 0.2) is 72.8 Å². The molecule has 0 fully saturated rings. The molecule has 2 heteroatoms. The molecule has 0 saturated carbocycles. The highest BCUT2D eigenvalue weighted by molar-refractivity contribution is 7.80. The van der Waals surface area contributed by atoms with Crippen LogP contribution in [0.1, 0.15) is 17.7 Å². The van der Waals surface area contributed by atoms with Gasteiger partial charge in [-0.25, -0.2) is 0 Å². The monoisotopic (exact) mass is 303 g/mol. The Balaban J connectivity index is 2.16. The molecule has 1 unspecified atom stereocenters. The predicted molar refractivity (Wildman–Crippen MR) is 98.2 cm³/mol. The Kier molecular flexibility index (Phi) is 3.20. The van der Waals surface area contributed by atoms with Crippen molar-refractivity contribution in [2.45, 2.75) is 12.2 Å².